The average Bonchev–Trinajstić information content (AvgIpc) is 3.11. The minimum absolute atomic E-state index is 1.03. The van der Waals surface area contributed by atoms with Gasteiger partial charge in [-0.25, -0.2) is 0 Å². The maximum atomic E-state index is 4.84. The van der Waals surface area contributed by atoms with Gasteiger partial charge in [0, 0.05) is 37.5 Å². The molecule has 2 heterocycles. The van der Waals surface area contributed by atoms with Crippen LogP contribution in [-0.4, -0.2) is 13.1 Å². The van der Waals surface area contributed by atoms with Gasteiger partial charge in [-0.2, -0.15) is 0 Å². The predicted molar refractivity (Wildman–Crippen MR) is 136 cm³/mol. The lowest BCUT2D eigenvalue weighted by atomic mass is 10.00. The van der Waals surface area contributed by atoms with Gasteiger partial charge in [0.2, 0.25) is 0 Å². The number of aromatic nitrogens is 1. The van der Waals surface area contributed by atoms with Gasteiger partial charge in [-0.3, -0.25) is 4.98 Å². The summed E-state index contributed by atoms with van der Waals surface area (Å²) in [6.07, 6.45) is 2.03. The summed E-state index contributed by atoms with van der Waals surface area (Å²) in [5.74, 6) is 0. The highest BCUT2D eigenvalue weighted by atomic mass is 32.1. The van der Waals surface area contributed by atoms with Crippen LogP contribution in [0.3, 0.4) is 0 Å². The summed E-state index contributed by atoms with van der Waals surface area (Å²) >= 11 is 1.85. The fourth-order valence-corrected chi connectivity index (χ4v) is 6.30. The van der Waals surface area contributed by atoms with E-state index in [4.69, 9.17) is 4.98 Å². The summed E-state index contributed by atoms with van der Waals surface area (Å²) in [7, 11) is -1.28. The van der Waals surface area contributed by atoms with Gasteiger partial charge in [-0.15, -0.1) is 11.3 Å². The molecule has 0 amide bonds. The first kappa shape index (κ1) is 19.2. The zero-order valence-corrected chi connectivity index (χ0v) is 19.7. The fourth-order valence-electron chi connectivity index (χ4n) is 4.05. The molecular formula is C27H25NSSi. The number of hydrogen-bond acceptors (Lipinski definition) is 2. The van der Waals surface area contributed by atoms with Crippen LogP contribution in [0.1, 0.15) is 5.56 Å². The summed E-state index contributed by atoms with van der Waals surface area (Å²) < 4.78 is 2.67. The topological polar surface area (TPSA) is 12.9 Å². The van der Waals surface area contributed by atoms with Crippen molar-refractivity contribution >= 4 is 44.8 Å². The van der Waals surface area contributed by atoms with Crippen LogP contribution in [0.5, 0.6) is 0 Å². The van der Waals surface area contributed by atoms with E-state index >= 15 is 0 Å². The normalized spacial score (nSPS) is 12.0. The van der Waals surface area contributed by atoms with Crippen molar-refractivity contribution in [1.82, 2.24) is 4.98 Å². The maximum Gasteiger partial charge on any atom is 0.0775 e. The molecule has 0 bridgehead atoms. The molecule has 0 saturated heterocycles. The van der Waals surface area contributed by atoms with Gasteiger partial charge in [0.25, 0.3) is 0 Å². The minimum Gasteiger partial charge on any atom is -0.256 e. The smallest absolute Gasteiger partial charge is 0.0775 e. The van der Waals surface area contributed by atoms with Crippen molar-refractivity contribution in [2.24, 2.45) is 0 Å². The van der Waals surface area contributed by atoms with E-state index < -0.39 is 8.07 Å². The number of hydrogen-bond donors (Lipinski definition) is 0. The molecule has 0 aliphatic heterocycles. The van der Waals surface area contributed by atoms with Crippen LogP contribution in [-0.2, 0) is 0 Å². The van der Waals surface area contributed by atoms with E-state index in [1.165, 1.54) is 47.6 Å². The molecule has 3 aromatic carbocycles. The Morgan fingerprint density at radius 1 is 0.733 bits per heavy atom. The monoisotopic (exact) mass is 423 g/mol. The van der Waals surface area contributed by atoms with Gasteiger partial charge in [0.1, 0.15) is 0 Å². The lowest BCUT2D eigenvalue weighted by molar-refractivity contribution is 1.29. The maximum absolute atomic E-state index is 4.84. The number of nitrogens with zero attached hydrogens (tertiary/aromatic N) is 1. The van der Waals surface area contributed by atoms with Gasteiger partial charge in [0.05, 0.1) is 13.8 Å². The highest BCUT2D eigenvalue weighted by Gasteiger charge is 2.16. The number of rotatable bonds is 3. The Morgan fingerprint density at radius 3 is 2.17 bits per heavy atom. The Hall–Kier alpha value is -2.75. The second-order valence-corrected chi connectivity index (χ2v) is 15.2. The molecule has 30 heavy (non-hydrogen) atoms. The van der Waals surface area contributed by atoms with Crippen LogP contribution >= 0.6 is 11.3 Å². The second kappa shape index (κ2) is 7.19. The number of benzene rings is 3. The lowest BCUT2D eigenvalue weighted by Crippen LogP contribution is -2.37. The van der Waals surface area contributed by atoms with Crippen LogP contribution in [0.25, 0.3) is 42.6 Å². The molecule has 0 aliphatic rings. The molecule has 0 spiro atoms. The first-order valence-electron chi connectivity index (χ1n) is 10.4. The van der Waals surface area contributed by atoms with Crippen LogP contribution < -0.4 is 5.19 Å². The molecule has 0 atom stereocenters. The van der Waals surface area contributed by atoms with Crippen molar-refractivity contribution in [2.45, 2.75) is 26.6 Å². The van der Waals surface area contributed by atoms with Gasteiger partial charge in [0.15, 0.2) is 0 Å². The molecule has 3 heteroatoms. The molecule has 0 aliphatic carbocycles. The zero-order chi connectivity index (χ0) is 20.9. The third kappa shape index (κ3) is 3.38. The van der Waals surface area contributed by atoms with Crippen molar-refractivity contribution in [3.05, 3.63) is 84.6 Å². The van der Waals surface area contributed by atoms with E-state index in [1.807, 2.05) is 17.5 Å². The van der Waals surface area contributed by atoms with Crippen LogP contribution in [0.2, 0.25) is 19.6 Å². The number of thiophene rings is 1. The van der Waals surface area contributed by atoms with E-state index in [-0.39, 0.29) is 0 Å². The van der Waals surface area contributed by atoms with Gasteiger partial charge >= 0.3 is 0 Å². The third-order valence-corrected chi connectivity index (χ3v) is 9.06. The molecule has 0 N–H and O–H groups in total. The Balaban J connectivity index is 1.54. The Morgan fingerprint density at radius 2 is 1.43 bits per heavy atom. The second-order valence-electron chi connectivity index (χ2n) is 9.02. The molecule has 0 radical (unpaired) electrons. The van der Waals surface area contributed by atoms with Crippen molar-refractivity contribution < 1.29 is 0 Å². The van der Waals surface area contributed by atoms with Crippen molar-refractivity contribution in [3.63, 3.8) is 0 Å². The molecule has 5 rings (SSSR count). The minimum atomic E-state index is -1.28. The van der Waals surface area contributed by atoms with Crippen molar-refractivity contribution in [1.29, 1.82) is 0 Å². The number of pyridine rings is 1. The molecule has 1 nitrogen and oxygen atoms in total. The third-order valence-electron chi connectivity index (χ3n) is 5.85. The lowest BCUT2D eigenvalue weighted by Gasteiger charge is -2.17. The molecule has 0 fully saturated rings. The molecule has 0 unspecified atom stereocenters. The molecule has 0 saturated carbocycles. The predicted octanol–water partition coefficient (Wildman–Crippen LogP) is 7.64. The highest BCUT2D eigenvalue weighted by molar-refractivity contribution is 7.25. The highest BCUT2D eigenvalue weighted by Crippen LogP contribution is 2.36. The van der Waals surface area contributed by atoms with Crippen LogP contribution in [0, 0.1) is 6.92 Å². The van der Waals surface area contributed by atoms with Crippen LogP contribution in [0.15, 0.2) is 79.0 Å². The number of fused-ring (bicyclic) bond motifs is 3. The van der Waals surface area contributed by atoms with Crippen LogP contribution in [0.4, 0.5) is 0 Å². The van der Waals surface area contributed by atoms with E-state index in [0.29, 0.717) is 0 Å². The average molecular weight is 424 g/mol. The zero-order valence-electron chi connectivity index (χ0n) is 17.9. The van der Waals surface area contributed by atoms with Gasteiger partial charge < -0.3 is 0 Å². The summed E-state index contributed by atoms with van der Waals surface area (Å²) in [4.78, 5) is 4.84. The van der Waals surface area contributed by atoms with E-state index in [2.05, 4.69) is 99.4 Å². The summed E-state index contributed by atoms with van der Waals surface area (Å²) in [6, 6.07) is 26.7. The quantitative estimate of drug-likeness (QED) is 0.272. The van der Waals surface area contributed by atoms with E-state index in [9.17, 15) is 0 Å². The van der Waals surface area contributed by atoms with Crippen molar-refractivity contribution in [3.8, 4) is 22.4 Å². The summed E-state index contributed by atoms with van der Waals surface area (Å²) in [5, 5.41) is 4.14. The molecule has 148 valence electrons. The molecular weight excluding hydrogens is 398 g/mol. The summed E-state index contributed by atoms with van der Waals surface area (Å²) in [5.41, 5.74) is 5.92. The van der Waals surface area contributed by atoms with E-state index in [0.717, 1.165) is 5.69 Å². The molecule has 2 aromatic heterocycles. The Labute approximate surface area is 183 Å². The first-order valence-corrected chi connectivity index (χ1v) is 14.7. The molecule has 5 aromatic rings. The fraction of sp³-hybridized carbons (Fsp3) is 0.148. The summed E-state index contributed by atoms with van der Waals surface area (Å²) in [6.45, 7) is 9.34. The van der Waals surface area contributed by atoms with Gasteiger partial charge in [-0.1, -0.05) is 73.4 Å². The first-order chi connectivity index (χ1) is 14.4. The number of aryl methyl sites for hydroxylation is 1. The Kier molecular flexibility index (Phi) is 4.61. The van der Waals surface area contributed by atoms with Gasteiger partial charge in [-0.05, 0) is 42.3 Å². The Bertz CT molecular complexity index is 1370. The van der Waals surface area contributed by atoms with Crippen molar-refractivity contribution in [2.75, 3.05) is 0 Å². The standard InChI is InChI=1S/C27H25NSSi/c1-18-15-25(28-17-24(18)19-9-12-21(13-10-19)30(2,3)4)20-11-14-27-23(16-20)22-7-5-6-8-26(22)29-27/h5-17H,1-4H3. The largest absolute Gasteiger partial charge is 0.256 e. The SMILES string of the molecule is Cc1cc(-c2ccc3sc4ccccc4c3c2)ncc1-c1ccc([Si](C)(C)C)cc1. The van der Waals surface area contributed by atoms with E-state index in [1.54, 1.807) is 0 Å².